The standard InChI is InChI=1S/C9H8F3IN2O3/c1-17-8(16)6-4(2-14)5(13)3-15-7(6)18-9(10,11)12/h3H,2,14H2,1H3. The molecule has 1 heterocycles. The molecule has 0 radical (unpaired) electrons. The number of hydrogen-bond acceptors (Lipinski definition) is 5. The number of halogens is 4. The van der Waals surface area contributed by atoms with E-state index in [0.717, 1.165) is 13.3 Å². The highest BCUT2D eigenvalue weighted by Gasteiger charge is 2.35. The second-order valence-electron chi connectivity index (χ2n) is 3.01. The Morgan fingerprint density at radius 3 is 2.61 bits per heavy atom. The second-order valence-corrected chi connectivity index (χ2v) is 4.17. The first-order valence-corrected chi connectivity index (χ1v) is 5.59. The number of pyridine rings is 1. The molecule has 0 saturated carbocycles. The van der Waals surface area contributed by atoms with Gasteiger partial charge in [-0.3, -0.25) is 0 Å². The van der Waals surface area contributed by atoms with E-state index in [-0.39, 0.29) is 12.1 Å². The highest BCUT2D eigenvalue weighted by Crippen LogP contribution is 2.29. The number of carbonyl (C=O) groups excluding carboxylic acids is 1. The summed E-state index contributed by atoms with van der Waals surface area (Å²) in [6.45, 7) is -0.139. The Balaban J connectivity index is 3.38. The summed E-state index contributed by atoms with van der Waals surface area (Å²) in [7, 11) is 1.04. The Bertz CT molecular complexity index is 465. The van der Waals surface area contributed by atoms with Gasteiger partial charge in [-0.15, -0.1) is 13.2 Å². The predicted octanol–water partition coefficient (Wildman–Crippen LogP) is 1.83. The summed E-state index contributed by atoms with van der Waals surface area (Å²) < 4.78 is 45.1. The van der Waals surface area contributed by atoms with Crippen molar-refractivity contribution in [2.45, 2.75) is 12.9 Å². The fraction of sp³-hybridized carbons (Fsp3) is 0.333. The lowest BCUT2D eigenvalue weighted by Gasteiger charge is -2.14. The van der Waals surface area contributed by atoms with Crippen LogP contribution in [0.4, 0.5) is 13.2 Å². The van der Waals surface area contributed by atoms with Crippen LogP contribution in [0.5, 0.6) is 5.88 Å². The van der Waals surface area contributed by atoms with E-state index in [0.29, 0.717) is 3.57 Å². The number of hydrogen-bond donors (Lipinski definition) is 1. The largest absolute Gasteiger partial charge is 0.574 e. The van der Waals surface area contributed by atoms with Gasteiger partial charge >= 0.3 is 12.3 Å². The van der Waals surface area contributed by atoms with Crippen LogP contribution in [-0.2, 0) is 11.3 Å². The van der Waals surface area contributed by atoms with E-state index in [1.54, 1.807) is 22.6 Å². The first kappa shape index (κ1) is 15.0. The Morgan fingerprint density at radius 2 is 2.17 bits per heavy atom. The van der Waals surface area contributed by atoms with Crippen molar-refractivity contribution < 1.29 is 27.4 Å². The lowest BCUT2D eigenvalue weighted by molar-refractivity contribution is -0.276. The minimum Gasteiger partial charge on any atom is -0.465 e. The molecule has 18 heavy (non-hydrogen) atoms. The summed E-state index contributed by atoms with van der Waals surface area (Å²) in [6.07, 6.45) is -3.81. The van der Waals surface area contributed by atoms with Crippen LogP contribution in [0.15, 0.2) is 6.20 Å². The van der Waals surface area contributed by atoms with Gasteiger partial charge in [-0.25, -0.2) is 9.78 Å². The molecule has 0 aliphatic heterocycles. The van der Waals surface area contributed by atoms with Crippen LogP contribution in [0.2, 0.25) is 0 Å². The number of esters is 1. The zero-order valence-electron chi connectivity index (χ0n) is 9.05. The van der Waals surface area contributed by atoms with Gasteiger partial charge in [-0.1, -0.05) is 0 Å². The molecule has 0 fully saturated rings. The molecule has 0 atom stereocenters. The van der Waals surface area contributed by atoms with Crippen molar-refractivity contribution in [3.05, 3.63) is 20.9 Å². The van der Waals surface area contributed by atoms with Gasteiger partial charge in [0.15, 0.2) is 0 Å². The number of ether oxygens (including phenoxy) is 2. The van der Waals surface area contributed by atoms with Crippen LogP contribution in [0.3, 0.4) is 0 Å². The lowest BCUT2D eigenvalue weighted by Crippen LogP contribution is -2.22. The Labute approximate surface area is 114 Å². The molecule has 1 rings (SSSR count). The molecule has 2 N–H and O–H groups in total. The normalized spacial score (nSPS) is 11.2. The van der Waals surface area contributed by atoms with Crippen LogP contribution >= 0.6 is 22.6 Å². The fourth-order valence-electron chi connectivity index (χ4n) is 1.21. The Hall–Kier alpha value is -1.10. The van der Waals surface area contributed by atoms with Crippen LogP contribution in [-0.4, -0.2) is 24.4 Å². The molecule has 100 valence electrons. The molecule has 9 heteroatoms. The quantitative estimate of drug-likeness (QED) is 0.644. The fourth-order valence-corrected chi connectivity index (χ4v) is 1.83. The second kappa shape index (κ2) is 5.69. The van der Waals surface area contributed by atoms with Crippen LogP contribution < -0.4 is 10.5 Å². The molecule has 0 aliphatic rings. The minimum absolute atomic E-state index is 0.139. The average Bonchev–Trinajstić information content (AvgIpc) is 2.28. The monoisotopic (exact) mass is 376 g/mol. The molecule has 0 aliphatic carbocycles. The SMILES string of the molecule is COC(=O)c1c(OC(F)(F)F)ncc(I)c1CN. The molecule has 1 aromatic heterocycles. The topological polar surface area (TPSA) is 74.4 Å². The van der Waals surface area contributed by atoms with Crippen molar-refractivity contribution in [2.24, 2.45) is 5.73 Å². The predicted molar refractivity (Wildman–Crippen MR) is 62.9 cm³/mol. The van der Waals surface area contributed by atoms with Crippen molar-refractivity contribution in [3.63, 3.8) is 0 Å². The molecule has 0 aromatic carbocycles. The Morgan fingerprint density at radius 1 is 1.56 bits per heavy atom. The number of alkyl halides is 3. The third-order valence-corrected chi connectivity index (χ3v) is 2.83. The van der Waals surface area contributed by atoms with E-state index in [1.807, 2.05) is 0 Å². The van der Waals surface area contributed by atoms with E-state index in [4.69, 9.17) is 5.73 Å². The van der Waals surface area contributed by atoms with Gasteiger partial charge in [0.05, 0.1) is 7.11 Å². The third kappa shape index (κ3) is 3.45. The summed E-state index contributed by atoms with van der Waals surface area (Å²) in [5, 5.41) is 0. The highest BCUT2D eigenvalue weighted by atomic mass is 127. The minimum atomic E-state index is -4.95. The van der Waals surface area contributed by atoms with E-state index < -0.39 is 23.8 Å². The van der Waals surface area contributed by atoms with Crippen molar-refractivity contribution in [1.82, 2.24) is 4.98 Å². The summed E-state index contributed by atoms with van der Waals surface area (Å²) in [6, 6.07) is 0. The van der Waals surface area contributed by atoms with Gasteiger partial charge in [0.2, 0.25) is 5.88 Å². The lowest BCUT2D eigenvalue weighted by atomic mass is 10.1. The molecule has 0 bridgehead atoms. The first-order valence-electron chi connectivity index (χ1n) is 4.51. The average molecular weight is 376 g/mol. The van der Waals surface area contributed by atoms with Crippen molar-refractivity contribution in [3.8, 4) is 5.88 Å². The summed E-state index contributed by atoms with van der Waals surface area (Å²) in [5.74, 6) is -1.85. The number of aromatic nitrogens is 1. The molecule has 1 aromatic rings. The Kier molecular flexibility index (Phi) is 4.73. The molecular weight excluding hydrogens is 368 g/mol. The maximum Gasteiger partial charge on any atom is 0.574 e. The van der Waals surface area contributed by atoms with Crippen molar-refractivity contribution >= 4 is 28.6 Å². The number of nitrogens with zero attached hydrogens (tertiary/aromatic N) is 1. The molecule has 0 amide bonds. The van der Waals surface area contributed by atoms with E-state index in [2.05, 4.69) is 14.5 Å². The van der Waals surface area contributed by atoms with Gasteiger partial charge < -0.3 is 15.2 Å². The van der Waals surface area contributed by atoms with Crippen molar-refractivity contribution in [1.29, 1.82) is 0 Å². The molecule has 0 unspecified atom stereocenters. The van der Waals surface area contributed by atoms with Crippen LogP contribution in [0.1, 0.15) is 15.9 Å². The first-order chi connectivity index (χ1) is 8.30. The van der Waals surface area contributed by atoms with E-state index in [1.165, 1.54) is 0 Å². The van der Waals surface area contributed by atoms with Crippen molar-refractivity contribution in [2.75, 3.05) is 7.11 Å². The van der Waals surface area contributed by atoms with Gasteiger partial charge in [0.25, 0.3) is 0 Å². The van der Waals surface area contributed by atoms with Crippen LogP contribution in [0.25, 0.3) is 0 Å². The number of carbonyl (C=O) groups is 1. The zero-order valence-corrected chi connectivity index (χ0v) is 11.2. The molecular formula is C9H8F3IN2O3. The highest BCUT2D eigenvalue weighted by molar-refractivity contribution is 14.1. The number of nitrogens with two attached hydrogens (primary N) is 1. The summed E-state index contributed by atoms with van der Waals surface area (Å²) in [5.41, 5.74) is 5.18. The van der Waals surface area contributed by atoms with Gasteiger partial charge in [-0.05, 0) is 22.6 Å². The summed E-state index contributed by atoms with van der Waals surface area (Å²) in [4.78, 5) is 14.9. The maximum absolute atomic E-state index is 12.2. The van der Waals surface area contributed by atoms with Gasteiger partial charge in [-0.2, -0.15) is 0 Å². The van der Waals surface area contributed by atoms with E-state index >= 15 is 0 Å². The number of rotatable bonds is 3. The third-order valence-electron chi connectivity index (χ3n) is 1.91. The molecule has 0 saturated heterocycles. The van der Waals surface area contributed by atoms with Gasteiger partial charge in [0.1, 0.15) is 5.56 Å². The van der Waals surface area contributed by atoms with Crippen LogP contribution in [0, 0.1) is 3.57 Å². The maximum atomic E-state index is 12.2. The summed E-state index contributed by atoms with van der Waals surface area (Å²) >= 11 is 1.80. The zero-order chi connectivity index (χ0) is 13.9. The van der Waals surface area contributed by atoms with E-state index in [9.17, 15) is 18.0 Å². The molecule has 0 spiro atoms. The van der Waals surface area contributed by atoms with Gasteiger partial charge in [0, 0.05) is 21.9 Å². The smallest absolute Gasteiger partial charge is 0.465 e. The molecule has 5 nitrogen and oxygen atoms in total. The number of methoxy groups -OCH3 is 1.